The molecule has 1 fully saturated rings. The Morgan fingerprint density at radius 1 is 1.15 bits per heavy atom. The number of fused-ring (bicyclic) bond motifs is 1. The molecular weight excluding hydrogens is 336 g/mol. The number of nitrogens with two attached hydrogens (primary N) is 2. The molecule has 136 valence electrons. The van der Waals surface area contributed by atoms with Gasteiger partial charge in [-0.1, -0.05) is 0 Å². The Kier molecular flexibility index (Phi) is 4.17. The van der Waals surface area contributed by atoms with E-state index in [1.807, 2.05) is 19.1 Å². The average Bonchev–Trinajstić information content (AvgIpc) is 3.14. The van der Waals surface area contributed by atoms with Gasteiger partial charge in [0.1, 0.15) is 17.8 Å². The smallest absolute Gasteiger partial charge is 0.240 e. The number of hydrogen-bond acceptors (Lipinski definition) is 9. The number of nitrogen functional groups attached to an aromatic ring is 2. The molecule has 1 saturated heterocycles. The number of morpholine rings is 1. The maximum atomic E-state index is 6.12. The molecule has 0 aliphatic carbocycles. The van der Waals surface area contributed by atoms with E-state index in [-0.39, 0.29) is 11.8 Å². The molecule has 10 nitrogen and oxygen atoms in total. The van der Waals surface area contributed by atoms with Crippen LogP contribution in [0.15, 0.2) is 18.5 Å². The van der Waals surface area contributed by atoms with E-state index in [0.29, 0.717) is 42.9 Å². The summed E-state index contributed by atoms with van der Waals surface area (Å²) in [4.78, 5) is 19.4. The van der Waals surface area contributed by atoms with Gasteiger partial charge >= 0.3 is 0 Å². The van der Waals surface area contributed by atoms with Gasteiger partial charge in [0.15, 0.2) is 17.3 Å². The minimum atomic E-state index is 0.192. The summed E-state index contributed by atoms with van der Waals surface area (Å²) in [5.74, 6) is 2.22. The minimum absolute atomic E-state index is 0.192. The van der Waals surface area contributed by atoms with Crippen LogP contribution in [0.1, 0.15) is 6.92 Å². The number of aromatic nitrogens is 5. The molecule has 0 unspecified atom stereocenters. The second-order valence-corrected chi connectivity index (χ2v) is 5.76. The van der Waals surface area contributed by atoms with E-state index in [1.165, 1.54) is 6.33 Å². The zero-order chi connectivity index (χ0) is 18.1. The van der Waals surface area contributed by atoms with Crippen molar-refractivity contribution in [1.29, 1.82) is 0 Å². The molecule has 0 aromatic carbocycles. The van der Waals surface area contributed by atoms with E-state index >= 15 is 0 Å². The van der Waals surface area contributed by atoms with Crippen molar-refractivity contribution in [3.63, 3.8) is 0 Å². The first kappa shape index (κ1) is 16.3. The lowest BCUT2D eigenvalue weighted by molar-refractivity contribution is 0.122. The first-order valence-corrected chi connectivity index (χ1v) is 8.40. The molecule has 1 aromatic heterocycles. The first-order chi connectivity index (χ1) is 12.7. The summed E-state index contributed by atoms with van der Waals surface area (Å²) in [5.41, 5.74) is 13.1. The van der Waals surface area contributed by atoms with Crippen molar-refractivity contribution in [2.45, 2.75) is 6.92 Å². The van der Waals surface area contributed by atoms with E-state index in [0.717, 1.165) is 18.9 Å². The molecule has 0 bridgehead atoms. The third kappa shape index (κ3) is 2.73. The normalized spacial score (nSPS) is 14.7. The van der Waals surface area contributed by atoms with Crippen LogP contribution in [-0.2, 0) is 4.74 Å². The van der Waals surface area contributed by atoms with Gasteiger partial charge in [-0.2, -0.15) is 9.97 Å². The largest absolute Gasteiger partial charge is 0.476 e. The number of rotatable bonds is 4. The molecule has 0 atom stereocenters. The number of anilines is 3. The molecule has 10 heteroatoms. The third-order valence-corrected chi connectivity index (χ3v) is 4.18. The van der Waals surface area contributed by atoms with Crippen molar-refractivity contribution >= 4 is 17.6 Å². The molecule has 0 spiro atoms. The molecule has 3 aliphatic heterocycles. The lowest BCUT2D eigenvalue weighted by Gasteiger charge is -2.28. The number of imidazole rings is 1. The van der Waals surface area contributed by atoms with Crippen molar-refractivity contribution in [2.24, 2.45) is 0 Å². The summed E-state index contributed by atoms with van der Waals surface area (Å²) in [6.07, 6.45) is 1.43. The van der Waals surface area contributed by atoms with Crippen LogP contribution in [0.5, 0.6) is 5.88 Å². The fourth-order valence-corrected chi connectivity index (χ4v) is 2.98. The summed E-state index contributed by atoms with van der Waals surface area (Å²) in [5, 5.41) is 0. The summed E-state index contributed by atoms with van der Waals surface area (Å²) in [6, 6.07) is 3.82. The molecule has 26 heavy (non-hydrogen) atoms. The molecule has 4 heterocycles. The lowest BCUT2D eigenvalue weighted by atomic mass is 10.3. The topological polar surface area (TPSA) is 130 Å². The Balaban J connectivity index is 1.83. The standard InChI is InChI=1S/C16H20N8O2/c1-2-26-15-10(3-4-11(21-15)23-5-7-25-8-6-23)24-14-12(19-9-20-14)13(17)22-16(24)18/h3-4,9H,2,5-8,17H2,1H3,(H2,18,22). The van der Waals surface area contributed by atoms with E-state index in [1.54, 1.807) is 4.57 Å². The van der Waals surface area contributed by atoms with Gasteiger partial charge in [-0.15, -0.1) is 0 Å². The van der Waals surface area contributed by atoms with Crippen molar-refractivity contribution in [2.75, 3.05) is 49.3 Å². The van der Waals surface area contributed by atoms with Crippen LogP contribution in [0.25, 0.3) is 17.2 Å². The molecule has 0 saturated carbocycles. The fraction of sp³-hybridized carbons (Fsp3) is 0.375. The van der Waals surface area contributed by atoms with Gasteiger partial charge in [0.05, 0.1) is 19.8 Å². The molecule has 0 amide bonds. The predicted molar refractivity (Wildman–Crippen MR) is 96.6 cm³/mol. The maximum Gasteiger partial charge on any atom is 0.240 e. The molecular formula is C16H20N8O2. The summed E-state index contributed by atoms with van der Waals surface area (Å²) >= 11 is 0. The summed E-state index contributed by atoms with van der Waals surface area (Å²) < 4.78 is 12.8. The van der Waals surface area contributed by atoms with Gasteiger partial charge in [0.2, 0.25) is 11.8 Å². The van der Waals surface area contributed by atoms with E-state index in [2.05, 4.69) is 24.8 Å². The van der Waals surface area contributed by atoms with Gasteiger partial charge < -0.3 is 25.8 Å². The van der Waals surface area contributed by atoms with E-state index in [9.17, 15) is 0 Å². The van der Waals surface area contributed by atoms with Crippen LogP contribution >= 0.6 is 0 Å². The van der Waals surface area contributed by atoms with E-state index in [4.69, 9.17) is 20.9 Å². The quantitative estimate of drug-likeness (QED) is 0.688. The molecule has 3 aliphatic rings. The molecule has 4 N–H and O–H groups in total. The van der Waals surface area contributed by atoms with Crippen LogP contribution in [0.4, 0.5) is 17.6 Å². The highest BCUT2D eigenvalue weighted by Gasteiger charge is 2.23. The highest BCUT2D eigenvalue weighted by Crippen LogP contribution is 2.33. The number of hydrogen-bond donors (Lipinski definition) is 2. The van der Waals surface area contributed by atoms with Gasteiger partial charge in [0.25, 0.3) is 0 Å². The monoisotopic (exact) mass is 356 g/mol. The van der Waals surface area contributed by atoms with Crippen molar-refractivity contribution in [3.8, 4) is 23.1 Å². The molecule has 1 aromatic rings. The number of ether oxygens (including phenoxy) is 2. The Morgan fingerprint density at radius 3 is 2.73 bits per heavy atom. The maximum absolute atomic E-state index is 6.12. The summed E-state index contributed by atoms with van der Waals surface area (Å²) in [7, 11) is 0. The second-order valence-electron chi connectivity index (χ2n) is 5.76. The first-order valence-electron chi connectivity index (χ1n) is 8.40. The van der Waals surface area contributed by atoms with Gasteiger partial charge in [0, 0.05) is 13.1 Å². The minimum Gasteiger partial charge on any atom is -0.476 e. The highest BCUT2D eigenvalue weighted by molar-refractivity contribution is 5.71. The molecule has 4 rings (SSSR count). The molecule has 0 radical (unpaired) electrons. The zero-order valence-corrected chi connectivity index (χ0v) is 14.4. The van der Waals surface area contributed by atoms with Gasteiger partial charge in [-0.25, -0.2) is 9.97 Å². The van der Waals surface area contributed by atoms with Crippen LogP contribution in [0.2, 0.25) is 0 Å². The van der Waals surface area contributed by atoms with Crippen LogP contribution in [0.3, 0.4) is 0 Å². The Morgan fingerprint density at radius 2 is 1.96 bits per heavy atom. The van der Waals surface area contributed by atoms with Crippen molar-refractivity contribution in [3.05, 3.63) is 18.5 Å². The Labute approximate surface area is 150 Å². The van der Waals surface area contributed by atoms with Crippen LogP contribution < -0.4 is 21.1 Å². The zero-order valence-electron chi connectivity index (χ0n) is 14.4. The number of nitrogens with zero attached hydrogens (tertiary/aromatic N) is 6. The van der Waals surface area contributed by atoms with Gasteiger partial charge in [-0.3, -0.25) is 4.57 Å². The van der Waals surface area contributed by atoms with Crippen LogP contribution in [-0.4, -0.2) is 57.4 Å². The highest BCUT2D eigenvalue weighted by atomic mass is 16.5. The third-order valence-electron chi connectivity index (χ3n) is 4.18. The second kappa shape index (κ2) is 6.64. The Bertz CT molecular complexity index is 890. The van der Waals surface area contributed by atoms with Crippen molar-refractivity contribution < 1.29 is 9.47 Å². The van der Waals surface area contributed by atoms with Crippen molar-refractivity contribution in [1.82, 2.24) is 24.5 Å². The number of pyridine rings is 1. The summed E-state index contributed by atoms with van der Waals surface area (Å²) in [6.45, 7) is 5.30. The predicted octanol–water partition coefficient (Wildman–Crippen LogP) is 0.562. The lowest BCUT2D eigenvalue weighted by Crippen LogP contribution is -2.36. The Hall–Kier alpha value is -3.14. The van der Waals surface area contributed by atoms with Gasteiger partial charge in [-0.05, 0) is 19.1 Å². The SMILES string of the molecule is CCOc1nc(N2CCOCC2)ccc1-n1c(N)nc(N)c2ncnc1-2. The average molecular weight is 356 g/mol. The van der Waals surface area contributed by atoms with Crippen LogP contribution in [0, 0.1) is 0 Å². The van der Waals surface area contributed by atoms with E-state index < -0.39 is 0 Å². The fourth-order valence-electron chi connectivity index (χ4n) is 2.98.